The standard InChI is InChI=1S/C14H15Cl2N5O2/c1-21(12-6-11(16)19-14(17)20-12)7-13(22)18-9-5-8(15)3-4-10(9)23-2/h3-6H,7H2,1-2H3,(H,18,22)(H2,17,19,20). The Morgan fingerprint density at radius 3 is 2.74 bits per heavy atom. The molecule has 0 radical (unpaired) electrons. The fourth-order valence-corrected chi connectivity index (χ4v) is 2.24. The summed E-state index contributed by atoms with van der Waals surface area (Å²) in [6.07, 6.45) is 0. The van der Waals surface area contributed by atoms with Crippen LogP contribution in [0.3, 0.4) is 0 Å². The highest BCUT2D eigenvalue weighted by molar-refractivity contribution is 6.31. The van der Waals surface area contributed by atoms with Crippen LogP contribution >= 0.6 is 23.2 Å². The van der Waals surface area contributed by atoms with Gasteiger partial charge < -0.3 is 20.7 Å². The molecule has 0 saturated carbocycles. The number of carbonyl (C=O) groups is 1. The maximum absolute atomic E-state index is 12.2. The molecule has 0 aliphatic rings. The molecule has 0 aliphatic carbocycles. The Labute approximate surface area is 143 Å². The molecule has 2 aromatic rings. The van der Waals surface area contributed by atoms with Crippen LogP contribution < -0.4 is 20.7 Å². The third kappa shape index (κ3) is 4.61. The molecule has 0 unspecified atom stereocenters. The largest absolute Gasteiger partial charge is 0.495 e. The topological polar surface area (TPSA) is 93.4 Å². The molecular formula is C14H15Cl2N5O2. The van der Waals surface area contributed by atoms with E-state index >= 15 is 0 Å². The van der Waals surface area contributed by atoms with Gasteiger partial charge >= 0.3 is 0 Å². The lowest BCUT2D eigenvalue weighted by Crippen LogP contribution is -2.31. The number of rotatable bonds is 5. The first kappa shape index (κ1) is 17.1. The summed E-state index contributed by atoms with van der Waals surface area (Å²) in [6, 6.07) is 6.48. The molecular weight excluding hydrogens is 341 g/mol. The molecule has 1 heterocycles. The average Bonchev–Trinajstić information content (AvgIpc) is 2.46. The summed E-state index contributed by atoms with van der Waals surface area (Å²) in [4.78, 5) is 21.6. The monoisotopic (exact) mass is 355 g/mol. The van der Waals surface area contributed by atoms with Crippen molar-refractivity contribution in [3.05, 3.63) is 34.4 Å². The summed E-state index contributed by atoms with van der Waals surface area (Å²) in [7, 11) is 3.20. The fourth-order valence-electron chi connectivity index (χ4n) is 1.88. The highest BCUT2D eigenvalue weighted by Gasteiger charge is 2.13. The van der Waals surface area contributed by atoms with Gasteiger partial charge in [-0.1, -0.05) is 23.2 Å². The van der Waals surface area contributed by atoms with Crippen LogP contribution in [0.25, 0.3) is 0 Å². The minimum atomic E-state index is -0.277. The Balaban J connectivity index is 2.08. The van der Waals surface area contributed by atoms with Crippen LogP contribution in [0, 0.1) is 0 Å². The van der Waals surface area contributed by atoms with E-state index in [4.69, 9.17) is 33.7 Å². The van der Waals surface area contributed by atoms with Gasteiger partial charge in [0.2, 0.25) is 11.9 Å². The molecule has 9 heteroatoms. The van der Waals surface area contributed by atoms with Crippen LogP contribution in [0.2, 0.25) is 10.2 Å². The predicted molar refractivity (Wildman–Crippen MR) is 91.4 cm³/mol. The van der Waals surface area contributed by atoms with E-state index in [1.807, 2.05) is 0 Å². The van der Waals surface area contributed by atoms with Gasteiger partial charge in [0.1, 0.15) is 16.7 Å². The van der Waals surface area contributed by atoms with Gasteiger partial charge in [0.15, 0.2) is 0 Å². The molecule has 0 spiro atoms. The van der Waals surface area contributed by atoms with Gasteiger partial charge in [-0.25, -0.2) is 4.98 Å². The molecule has 0 bridgehead atoms. The third-order valence-corrected chi connectivity index (χ3v) is 3.33. The Kier molecular flexibility index (Phi) is 5.46. The lowest BCUT2D eigenvalue weighted by Gasteiger charge is -2.18. The first-order chi connectivity index (χ1) is 10.9. The summed E-state index contributed by atoms with van der Waals surface area (Å²) >= 11 is 11.8. The van der Waals surface area contributed by atoms with Crippen molar-refractivity contribution in [2.24, 2.45) is 0 Å². The second-order valence-corrected chi connectivity index (χ2v) is 5.48. The predicted octanol–water partition coefficient (Wildman–Crippen LogP) is 2.45. The zero-order chi connectivity index (χ0) is 17.0. The number of carbonyl (C=O) groups excluding carboxylic acids is 1. The number of benzene rings is 1. The molecule has 122 valence electrons. The zero-order valence-corrected chi connectivity index (χ0v) is 14.0. The lowest BCUT2D eigenvalue weighted by molar-refractivity contribution is -0.114. The minimum Gasteiger partial charge on any atom is -0.495 e. The number of anilines is 3. The highest BCUT2D eigenvalue weighted by atomic mass is 35.5. The van der Waals surface area contributed by atoms with Crippen molar-refractivity contribution in [1.82, 2.24) is 9.97 Å². The molecule has 0 aliphatic heterocycles. The Hall–Kier alpha value is -2.25. The van der Waals surface area contributed by atoms with E-state index < -0.39 is 0 Å². The van der Waals surface area contributed by atoms with E-state index in [1.165, 1.54) is 13.2 Å². The van der Waals surface area contributed by atoms with Crippen molar-refractivity contribution in [1.29, 1.82) is 0 Å². The molecule has 1 aromatic heterocycles. The van der Waals surface area contributed by atoms with Crippen molar-refractivity contribution in [3.8, 4) is 5.75 Å². The maximum atomic E-state index is 12.2. The second kappa shape index (κ2) is 7.34. The first-order valence-corrected chi connectivity index (χ1v) is 7.29. The van der Waals surface area contributed by atoms with Gasteiger partial charge in [-0.05, 0) is 18.2 Å². The van der Waals surface area contributed by atoms with Gasteiger partial charge in [-0.15, -0.1) is 0 Å². The summed E-state index contributed by atoms with van der Waals surface area (Å²) < 4.78 is 5.18. The van der Waals surface area contributed by atoms with Gasteiger partial charge in [0.05, 0.1) is 19.3 Å². The fraction of sp³-hybridized carbons (Fsp3) is 0.214. The number of hydrogen-bond acceptors (Lipinski definition) is 6. The van der Waals surface area contributed by atoms with Crippen molar-refractivity contribution < 1.29 is 9.53 Å². The van der Waals surface area contributed by atoms with E-state index in [9.17, 15) is 4.79 Å². The summed E-state index contributed by atoms with van der Waals surface area (Å²) in [5.74, 6) is 0.716. The number of amides is 1. The van der Waals surface area contributed by atoms with E-state index in [-0.39, 0.29) is 23.6 Å². The van der Waals surface area contributed by atoms with Crippen molar-refractivity contribution >= 4 is 46.6 Å². The second-order valence-electron chi connectivity index (χ2n) is 4.66. The maximum Gasteiger partial charge on any atom is 0.244 e. The number of methoxy groups -OCH3 is 1. The molecule has 1 amide bonds. The third-order valence-electron chi connectivity index (χ3n) is 2.91. The van der Waals surface area contributed by atoms with Gasteiger partial charge in [0.25, 0.3) is 0 Å². The Morgan fingerprint density at radius 2 is 2.09 bits per heavy atom. The Morgan fingerprint density at radius 1 is 1.35 bits per heavy atom. The van der Waals surface area contributed by atoms with Crippen LogP contribution in [0.15, 0.2) is 24.3 Å². The quantitative estimate of drug-likeness (QED) is 0.800. The summed E-state index contributed by atoms with van der Waals surface area (Å²) in [5, 5.41) is 3.43. The smallest absolute Gasteiger partial charge is 0.244 e. The molecule has 7 nitrogen and oxygen atoms in total. The molecule has 0 saturated heterocycles. The van der Waals surface area contributed by atoms with Crippen LogP contribution in [-0.4, -0.2) is 36.6 Å². The van der Waals surface area contributed by atoms with Crippen molar-refractivity contribution in [3.63, 3.8) is 0 Å². The van der Waals surface area contributed by atoms with Crippen LogP contribution in [-0.2, 0) is 4.79 Å². The van der Waals surface area contributed by atoms with Crippen LogP contribution in [0.5, 0.6) is 5.75 Å². The number of nitrogen functional groups attached to an aromatic ring is 1. The minimum absolute atomic E-state index is 0.0302. The first-order valence-electron chi connectivity index (χ1n) is 6.53. The number of ether oxygens (including phenoxy) is 1. The molecule has 23 heavy (non-hydrogen) atoms. The van der Waals surface area contributed by atoms with Crippen LogP contribution in [0.1, 0.15) is 0 Å². The van der Waals surface area contributed by atoms with Gasteiger partial charge in [-0.2, -0.15) is 4.98 Å². The van der Waals surface area contributed by atoms with Crippen molar-refractivity contribution in [2.75, 3.05) is 36.7 Å². The van der Waals surface area contributed by atoms with E-state index in [2.05, 4.69) is 15.3 Å². The number of aromatic nitrogens is 2. The summed E-state index contributed by atoms with van der Waals surface area (Å²) in [5.41, 5.74) is 6.03. The molecule has 0 fully saturated rings. The Bertz CT molecular complexity index is 706. The molecule has 0 atom stereocenters. The molecule has 2 rings (SSSR count). The zero-order valence-electron chi connectivity index (χ0n) is 12.5. The SMILES string of the molecule is COc1ccc(Cl)cc1NC(=O)CN(C)c1cc(Cl)nc(N)n1. The summed E-state index contributed by atoms with van der Waals surface area (Å²) in [6.45, 7) is 0.0302. The number of nitrogens with one attached hydrogen (secondary N) is 1. The normalized spacial score (nSPS) is 10.3. The number of hydrogen-bond donors (Lipinski definition) is 2. The van der Waals surface area contributed by atoms with Crippen molar-refractivity contribution in [2.45, 2.75) is 0 Å². The molecule has 1 aromatic carbocycles. The van der Waals surface area contributed by atoms with Gasteiger partial charge in [-0.3, -0.25) is 4.79 Å². The van der Waals surface area contributed by atoms with E-state index in [0.717, 1.165) is 0 Å². The van der Waals surface area contributed by atoms with Crippen LogP contribution in [0.4, 0.5) is 17.5 Å². The lowest BCUT2D eigenvalue weighted by atomic mass is 10.3. The van der Waals surface area contributed by atoms with E-state index in [0.29, 0.717) is 22.3 Å². The highest BCUT2D eigenvalue weighted by Crippen LogP contribution is 2.27. The number of nitrogens with zero attached hydrogens (tertiary/aromatic N) is 3. The number of likely N-dealkylation sites (N-methyl/N-ethyl adjacent to an activating group) is 1. The van der Waals surface area contributed by atoms with Gasteiger partial charge in [0, 0.05) is 18.1 Å². The number of halogens is 2. The van der Waals surface area contributed by atoms with E-state index in [1.54, 1.807) is 30.1 Å². The molecule has 3 N–H and O–H groups in total. The average molecular weight is 356 g/mol. The number of nitrogens with two attached hydrogens (primary N) is 1.